The second kappa shape index (κ2) is 6.37. The Labute approximate surface area is 147 Å². The van der Waals surface area contributed by atoms with Gasteiger partial charge < -0.3 is 5.32 Å². The minimum Gasteiger partial charge on any atom is -0.321 e. The summed E-state index contributed by atoms with van der Waals surface area (Å²) < 4.78 is 3.30. The Kier molecular flexibility index (Phi) is 3.91. The molecule has 0 spiro atoms. The zero-order valence-electron chi connectivity index (χ0n) is 13.0. The van der Waals surface area contributed by atoms with E-state index >= 15 is 0 Å². The molecule has 0 atom stereocenters. The molecule has 7 nitrogen and oxygen atoms in total. The van der Waals surface area contributed by atoms with Crippen molar-refractivity contribution in [1.82, 2.24) is 24.4 Å². The molecule has 8 heteroatoms. The van der Waals surface area contributed by atoms with Gasteiger partial charge in [-0.05, 0) is 23.8 Å². The fourth-order valence-corrected chi connectivity index (χ4v) is 2.65. The zero-order chi connectivity index (χ0) is 17.2. The quantitative estimate of drug-likeness (QED) is 0.612. The van der Waals surface area contributed by atoms with Crippen molar-refractivity contribution in [2.45, 2.75) is 6.54 Å². The van der Waals surface area contributed by atoms with Crippen molar-refractivity contribution in [1.29, 1.82) is 0 Å². The van der Waals surface area contributed by atoms with E-state index in [9.17, 15) is 4.79 Å². The molecular weight excluding hydrogens is 340 g/mol. The number of anilines is 1. The lowest BCUT2D eigenvalue weighted by atomic mass is 10.2. The number of benzene rings is 1. The Morgan fingerprint density at radius 1 is 1.24 bits per heavy atom. The Hall–Kier alpha value is -3.19. The molecule has 1 amide bonds. The van der Waals surface area contributed by atoms with Gasteiger partial charge in [-0.25, -0.2) is 9.50 Å². The molecule has 4 aromatic rings. The Balaban J connectivity index is 1.51. The van der Waals surface area contributed by atoms with Gasteiger partial charge in [0.25, 0.3) is 5.91 Å². The highest BCUT2D eigenvalue weighted by Gasteiger charge is 2.12. The first-order chi connectivity index (χ1) is 12.2. The van der Waals surface area contributed by atoms with Crippen LogP contribution in [0.4, 0.5) is 5.69 Å². The van der Waals surface area contributed by atoms with Crippen LogP contribution in [-0.4, -0.2) is 30.3 Å². The first-order valence-corrected chi connectivity index (χ1v) is 7.94. The summed E-state index contributed by atoms with van der Waals surface area (Å²) in [5, 5.41) is 11.8. The minimum atomic E-state index is -0.287. The van der Waals surface area contributed by atoms with E-state index in [-0.39, 0.29) is 5.91 Å². The van der Waals surface area contributed by atoms with Crippen molar-refractivity contribution in [2.24, 2.45) is 0 Å². The van der Waals surface area contributed by atoms with E-state index in [4.69, 9.17) is 11.6 Å². The predicted molar refractivity (Wildman–Crippen MR) is 93.7 cm³/mol. The highest BCUT2D eigenvalue weighted by atomic mass is 35.5. The molecule has 3 aromatic heterocycles. The third-order valence-electron chi connectivity index (χ3n) is 3.60. The second-order valence-corrected chi connectivity index (χ2v) is 5.90. The first kappa shape index (κ1) is 15.3. The molecule has 0 aliphatic carbocycles. The summed E-state index contributed by atoms with van der Waals surface area (Å²) in [6.45, 7) is 0.564. The number of rotatable bonds is 4. The standard InChI is InChI=1S/C17H13ClN6O/c18-13-9-20-23(11-13)10-12-3-1-4-14(7-12)21-17(25)15-8-16-19-5-2-6-24(16)22-15/h1-9,11H,10H2,(H,21,25). The van der Waals surface area contributed by atoms with E-state index in [0.717, 1.165) is 5.56 Å². The molecule has 3 heterocycles. The molecule has 4 rings (SSSR count). The number of nitrogens with one attached hydrogen (secondary N) is 1. The van der Waals surface area contributed by atoms with Crippen LogP contribution < -0.4 is 5.32 Å². The van der Waals surface area contributed by atoms with E-state index in [1.807, 2.05) is 24.3 Å². The molecule has 25 heavy (non-hydrogen) atoms. The minimum absolute atomic E-state index is 0.287. The summed E-state index contributed by atoms with van der Waals surface area (Å²) in [7, 11) is 0. The van der Waals surface area contributed by atoms with Crippen molar-refractivity contribution >= 4 is 28.8 Å². The lowest BCUT2D eigenvalue weighted by Gasteiger charge is -2.06. The molecule has 0 aliphatic heterocycles. The molecule has 124 valence electrons. The van der Waals surface area contributed by atoms with E-state index in [0.29, 0.717) is 28.6 Å². The van der Waals surface area contributed by atoms with Crippen LogP contribution in [0.5, 0.6) is 0 Å². The average molecular weight is 353 g/mol. The van der Waals surface area contributed by atoms with Crippen LogP contribution in [0.3, 0.4) is 0 Å². The van der Waals surface area contributed by atoms with Crippen LogP contribution in [0.1, 0.15) is 16.1 Å². The summed E-state index contributed by atoms with van der Waals surface area (Å²) in [5.74, 6) is -0.287. The van der Waals surface area contributed by atoms with Gasteiger partial charge in [-0.3, -0.25) is 9.48 Å². The monoisotopic (exact) mass is 352 g/mol. The van der Waals surface area contributed by atoms with Crippen molar-refractivity contribution in [2.75, 3.05) is 5.32 Å². The van der Waals surface area contributed by atoms with Crippen molar-refractivity contribution in [3.8, 4) is 0 Å². The van der Waals surface area contributed by atoms with Crippen molar-refractivity contribution in [3.05, 3.63) is 77.5 Å². The molecule has 0 radical (unpaired) electrons. The topological polar surface area (TPSA) is 77.1 Å². The van der Waals surface area contributed by atoms with Gasteiger partial charge in [0.05, 0.1) is 17.8 Å². The Morgan fingerprint density at radius 3 is 2.96 bits per heavy atom. The number of aromatic nitrogens is 5. The van der Waals surface area contributed by atoms with Gasteiger partial charge in [0, 0.05) is 30.3 Å². The lowest BCUT2D eigenvalue weighted by Crippen LogP contribution is -2.13. The van der Waals surface area contributed by atoms with Crippen LogP contribution >= 0.6 is 11.6 Å². The smallest absolute Gasteiger partial charge is 0.276 e. The summed E-state index contributed by atoms with van der Waals surface area (Å²) >= 11 is 5.87. The number of fused-ring (bicyclic) bond motifs is 1. The van der Waals surface area contributed by atoms with Crippen LogP contribution in [-0.2, 0) is 6.54 Å². The maximum absolute atomic E-state index is 12.4. The number of amides is 1. The number of halogens is 1. The third-order valence-corrected chi connectivity index (χ3v) is 3.80. The molecule has 0 bridgehead atoms. The van der Waals surface area contributed by atoms with Gasteiger partial charge in [-0.2, -0.15) is 10.2 Å². The van der Waals surface area contributed by atoms with Gasteiger partial charge >= 0.3 is 0 Å². The van der Waals surface area contributed by atoms with E-state index < -0.39 is 0 Å². The number of nitrogens with zero attached hydrogens (tertiary/aromatic N) is 5. The van der Waals surface area contributed by atoms with Gasteiger partial charge in [0.2, 0.25) is 0 Å². The highest BCUT2D eigenvalue weighted by Crippen LogP contribution is 2.14. The maximum atomic E-state index is 12.4. The van der Waals surface area contributed by atoms with Gasteiger partial charge in [0.15, 0.2) is 11.3 Å². The molecule has 0 saturated heterocycles. The SMILES string of the molecule is O=C(Nc1cccc(Cn2cc(Cl)cn2)c1)c1cc2ncccn2n1. The summed E-state index contributed by atoms with van der Waals surface area (Å²) in [6.07, 6.45) is 6.74. The van der Waals surface area contributed by atoms with Crippen LogP contribution in [0.15, 0.2) is 61.2 Å². The average Bonchev–Trinajstić information content (AvgIpc) is 3.21. The highest BCUT2D eigenvalue weighted by molar-refractivity contribution is 6.30. The fraction of sp³-hybridized carbons (Fsp3) is 0.0588. The summed E-state index contributed by atoms with van der Waals surface area (Å²) in [5.41, 5.74) is 2.61. The molecule has 0 unspecified atom stereocenters. The first-order valence-electron chi connectivity index (χ1n) is 7.56. The van der Waals surface area contributed by atoms with Crippen LogP contribution in [0.25, 0.3) is 5.65 Å². The molecule has 0 saturated carbocycles. The van der Waals surface area contributed by atoms with Crippen LogP contribution in [0, 0.1) is 0 Å². The van der Waals surface area contributed by atoms with Crippen molar-refractivity contribution < 1.29 is 4.79 Å². The number of carbonyl (C=O) groups is 1. The number of carbonyl (C=O) groups excluding carboxylic acids is 1. The normalized spacial score (nSPS) is 10.9. The lowest BCUT2D eigenvalue weighted by molar-refractivity contribution is 0.102. The number of hydrogen-bond acceptors (Lipinski definition) is 4. The van der Waals surface area contributed by atoms with Crippen LogP contribution in [0.2, 0.25) is 5.02 Å². The zero-order valence-corrected chi connectivity index (χ0v) is 13.8. The molecule has 1 N–H and O–H groups in total. The molecule has 1 aromatic carbocycles. The molecular formula is C17H13ClN6O. The van der Waals surface area contributed by atoms with Crippen molar-refractivity contribution in [3.63, 3.8) is 0 Å². The van der Waals surface area contributed by atoms with Gasteiger partial charge in [-0.15, -0.1) is 0 Å². The summed E-state index contributed by atoms with van der Waals surface area (Å²) in [6, 6.07) is 11.0. The van der Waals surface area contributed by atoms with E-state index in [1.165, 1.54) is 0 Å². The summed E-state index contributed by atoms with van der Waals surface area (Å²) in [4.78, 5) is 16.6. The molecule has 0 fully saturated rings. The van der Waals surface area contributed by atoms with E-state index in [1.54, 1.807) is 46.1 Å². The Bertz CT molecular complexity index is 1020. The van der Waals surface area contributed by atoms with Gasteiger partial charge in [0.1, 0.15) is 0 Å². The molecule has 0 aliphatic rings. The Morgan fingerprint density at radius 2 is 2.16 bits per heavy atom. The number of hydrogen-bond donors (Lipinski definition) is 1. The largest absolute Gasteiger partial charge is 0.321 e. The fourth-order valence-electron chi connectivity index (χ4n) is 2.50. The third kappa shape index (κ3) is 3.36. The van der Waals surface area contributed by atoms with Gasteiger partial charge in [-0.1, -0.05) is 23.7 Å². The predicted octanol–water partition coefficient (Wildman–Crippen LogP) is 2.88. The maximum Gasteiger partial charge on any atom is 0.276 e. The van der Waals surface area contributed by atoms with E-state index in [2.05, 4.69) is 20.5 Å². The second-order valence-electron chi connectivity index (χ2n) is 5.46.